The molecule has 0 unspecified atom stereocenters. The molecule has 19 heavy (non-hydrogen) atoms. The second-order valence-electron chi connectivity index (χ2n) is 4.15. The Balaban J connectivity index is 1.81. The molecule has 0 N–H and O–H groups in total. The van der Waals surface area contributed by atoms with E-state index in [9.17, 15) is 4.79 Å². The summed E-state index contributed by atoms with van der Waals surface area (Å²) in [6, 6.07) is 18.1. The molecular weight excluding hydrogens is 256 g/mol. The van der Waals surface area contributed by atoms with Gasteiger partial charge in [-0.15, -0.1) is 11.8 Å². The predicted molar refractivity (Wildman–Crippen MR) is 78.6 cm³/mol. The molecule has 0 aliphatic carbocycles. The summed E-state index contributed by atoms with van der Waals surface area (Å²) < 4.78 is 4.99. The highest BCUT2D eigenvalue weighted by molar-refractivity contribution is 7.99. The van der Waals surface area contributed by atoms with Crippen LogP contribution in [0.1, 0.15) is 12.5 Å². The van der Waals surface area contributed by atoms with Crippen LogP contribution in [0.4, 0.5) is 0 Å². The van der Waals surface area contributed by atoms with E-state index in [2.05, 4.69) is 24.3 Å². The van der Waals surface area contributed by atoms with E-state index in [0.29, 0.717) is 5.75 Å². The van der Waals surface area contributed by atoms with Crippen molar-refractivity contribution in [1.29, 1.82) is 0 Å². The molecule has 2 nitrogen and oxygen atoms in total. The number of hydrogen-bond acceptors (Lipinski definition) is 3. The first kappa shape index (κ1) is 13.7. The van der Waals surface area contributed by atoms with Crippen LogP contribution >= 0.6 is 11.8 Å². The Labute approximate surface area is 117 Å². The van der Waals surface area contributed by atoms with Gasteiger partial charge in [0.1, 0.15) is 5.75 Å². The molecule has 0 atom stereocenters. The van der Waals surface area contributed by atoms with Gasteiger partial charge in [0.2, 0.25) is 0 Å². The van der Waals surface area contributed by atoms with Crippen molar-refractivity contribution in [2.45, 2.75) is 18.2 Å². The molecule has 2 rings (SSSR count). The third kappa shape index (κ3) is 4.79. The van der Waals surface area contributed by atoms with Gasteiger partial charge in [0.05, 0.1) is 0 Å². The molecule has 0 spiro atoms. The summed E-state index contributed by atoms with van der Waals surface area (Å²) in [7, 11) is 0. The fourth-order valence-corrected chi connectivity index (χ4v) is 2.60. The van der Waals surface area contributed by atoms with E-state index in [-0.39, 0.29) is 5.97 Å². The lowest BCUT2D eigenvalue weighted by atomic mass is 10.2. The highest BCUT2D eigenvalue weighted by atomic mass is 32.2. The topological polar surface area (TPSA) is 26.3 Å². The van der Waals surface area contributed by atoms with Crippen molar-refractivity contribution < 1.29 is 9.53 Å². The monoisotopic (exact) mass is 272 g/mol. The molecule has 0 bridgehead atoms. The van der Waals surface area contributed by atoms with Crippen molar-refractivity contribution >= 4 is 17.7 Å². The van der Waals surface area contributed by atoms with E-state index >= 15 is 0 Å². The van der Waals surface area contributed by atoms with Crippen molar-refractivity contribution in [2.24, 2.45) is 0 Å². The maximum absolute atomic E-state index is 10.8. The zero-order valence-corrected chi connectivity index (χ0v) is 11.7. The summed E-state index contributed by atoms with van der Waals surface area (Å²) in [5.41, 5.74) is 1.35. The van der Waals surface area contributed by atoms with Crippen LogP contribution in [0.15, 0.2) is 59.5 Å². The number of carbonyl (C=O) groups is 1. The Morgan fingerprint density at radius 3 is 2.37 bits per heavy atom. The Hall–Kier alpha value is -1.74. The summed E-state index contributed by atoms with van der Waals surface area (Å²) in [6.07, 6.45) is 1.05. The van der Waals surface area contributed by atoms with Gasteiger partial charge >= 0.3 is 5.97 Å². The average molecular weight is 272 g/mol. The van der Waals surface area contributed by atoms with Crippen LogP contribution in [-0.2, 0) is 11.2 Å². The van der Waals surface area contributed by atoms with Gasteiger partial charge in [-0.25, -0.2) is 0 Å². The minimum absolute atomic E-state index is 0.288. The van der Waals surface area contributed by atoms with Crippen LogP contribution < -0.4 is 4.74 Å². The fraction of sp³-hybridized carbons (Fsp3) is 0.188. The van der Waals surface area contributed by atoms with E-state index in [1.54, 1.807) is 11.8 Å². The molecule has 0 fully saturated rings. The maximum atomic E-state index is 10.8. The molecule has 3 heteroatoms. The van der Waals surface area contributed by atoms with Crippen LogP contribution in [-0.4, -0.2) is 11.7 Å². The Morgan fingerprint density at radius 1 is 1.05 bits per heavy atom. The second kappa shape index (κ2) is 7.00. The number of thioether (sulfide) groups is 1. The van der Waals surface area contributed by atoms with Gasteiger partial charge in [-0.05, 0) is 36.2 Å². The van der Waals surface area contributed by atoms with E-state index in [1.807, 2.05) is 30.3 Å². The molecule has 0 amide bonds. The molecular formula is C16H16O2S. The Morgan fingerprint density at radius 2 is 1.74 bits per heavy atom. The molecule has 2 aromatic rings. The first-order chi connectivity index (χ1) is 9.24. The molecule has 0 heterocycles. The minimum atomic E-state index is -0.288. The van der Waals surface area contributed by atoms with Gasteiger partial charge in [-0.1, -0.05) is 30.3 Å². The molecule has 2 aromatic carbocycles. The Bertz CT molecular complexity index is 520. The number of ether oxygens (including phenoxy) is 1. The summed E-state index contributed by atoms with van der Waals surface area (Å²) in [4.78, 5) is 12.0. The molecule has 0 saturated carbocycles. The number of benzene rings is 2. The van der Waals surface area contributed by atoms with Gasteiger partial charge in [-0.2, -0.15) is 0 Å². The summed E-state index contributed by atoms with van der Waals surface area (Å²) in [6.45, 7) is 1.41. The van der Waals surface area contributed by atoms with E-state index in [0.717, 1.165) is 12.2 Å². The van der Waals surface area contributed by atoms with Crippen LogP contribution in [0.2, 0.25) is 0 Å². The predicted octanol–water partition coefficient (Wildman–Crippen LogP) is 3.95. The van der Waals surface area contributed by atoms with Crippen molar-refractivity contribution in [3.63, 3.8) is 0 Å². The molecule has 0 aromatic heterocycles. The largest absolute Gasteiger partial charge is 0.427 e. The lowest BCUT2D eigenvalue weighted by Gasteiger charge is -2.04. The first-order valence-corrected chi connectivity index (χ1v) is 7.18. The van der Waals surface area contributed by atoms with Gasteiger partial charge in [0.15, 0.2) is 0 Å². The SMILES string of the molecule is CC(=O)Oc1ccc(SCCc2ccccc2)cc1. The highest BCUT2D eigenvalue weighted by Crippen LogP contribution is 2.22. The molecule has 98 valence electrons. The van der Waals surface area contributed by atoms with Crippen LogP contribution in [0.5, 0.6) is 5.75 Å². The van der Waals surface area contributed by atoms with Gasteiger partial charge < -0.3 is 4.74 Å². The van der Waals surface area contributed by atoms with E-state index in [1.165, 1.54) is 17.4 Å². The standard InChI is InChI=1S/C16H16O2S/c1-13(17)18-15-7-9-16(10-8-15)19-12-11-14-5-3-2-4-6-14/h2-10H,11-12H2,1H3. The third-order valence-corrected chi connectivity index (χ3v) is 3.60. The zero-order valence-electron chi connectivity index (χ0n) is 10.8. The molecule has 0 aliphatic heterocycles. The van der Waals surface area contributed by atoms with Crippen LogP contribution in [0, 0.1) is 0 Å². The first-order valence-electron chi connectivity index (χ1n) is 6.19. The summed E-state index contributed by atoms with van der Waals surface area (Å²) in [5, 5.41) is 0. The highest BCUT2D eigenvalue weighted by Gasteiger charge is 1.99. The average Bonchev–Trinajstić information content (AvgIpc) is 2.41. The maximum Gasteiger partial charge on any atom is 0.308 e. The van der Waals surface area contributed by atoms with Crippen molar-refractivity contribution in [2.75, 3.05) is 5.75 Å². The number of carbonyl (C=O) groups excluding carboxylic acids is 1. The second-order valence-corrected chi connectivity index (χ2v) is 5.32. The van der Waals surface area contributed by atoms with Crippen molar-refractivity contribution in [1.82, 2.24) is 0 Å². The van der Waals surface area contributed by atoms with Gasteiger partial charge in [-0.3, -0.25) is 4.79 Å². The summed E-state index contributed by atoms with van der Waals surface area (Å²) in [5.74, 6) is 1.35. The van der Waals surface area contributed by atoms with E-state index in [4.69, 9.17) is 4.74 Å². The lowest BCUT2D eigenvalue weighted by Crippen LogP contribution is -2.00. The minimum Gasteiger partial charge on any atom is -0.427 e. The van der Waals surface area contributed by atoms with Gasteiger partial charge in [0.25, 0.3) is 0 Å². The number of aryl methyl sites for hydroxylation is 1. The lowest BCUT2D eigenvalue weighted by molar-refractivity contribution is -0.131. The van der Waals surface area contributed by atoms with Crippen molar-refractivity contribution in [3.05, 3.63) is 60.2 Å². The zero-order chi connectivity index (χ0) is 13.5. The number of esters is 1. The van der Waals surface area contributed by atoms with Crippen LogP contribution in [0.25, 0.3) is 0 Å². The molecule has 0 aliphatic rings. The number of rotatable bonds is 5. The van der Waals surface area contributed by atoms with Crippen LogP contribution in [0.3, 0.4) is 0 Å². The van der Waals surface area contributed by atoms with Gasteiger partial charge in [0, 0.05) is 17.6 Å². The van der Waals surface area contributed by atoms with E-state index < -0.39 is 0 Å². The quantitative estimate of drug-likeness (QED) is 0.468. The van der Waals surface area contributed by atoms with Crippen molar-refractivity contribution in [3.8, 4) is 5.75 Å². The fourth-order valence-electron chi connectivity index (χ4n) is 1.70. The normalized spacial score (nSPS) is 10.2. The number of hydrogen-bond donors (Lipinski definition) is 0. The Kier molecular flexibility index (Phi) is 5.04. The smallest absolute Gasteiger partial charge is 0.308 e. The molecule has 0 saturated heterocycles. The summed E-state index contributed by atoms with van der Waals surface area (Å²) >= 11 is 1.80. The third-order valence-electron chi connectivity index (χ3n) is 2.59. The molecule has 0 radical (unpaired) electrons.